The Morgan fingerprint density at radius 3 is 2.82 bits per heavy atom. The summed E-state index contributed by atoms with van der Waals surface area (Å²) in [5.41, 5.74) is 6.53. The van der Waals surface area contributed by atoms with Crippen LogP contribution in [-0.2, 0) is 0 Å². The highest BCUT2D eigenvalue weighted by Gasteiger charge is 2.11. The molecule has 0 aliphatic rings. The van der Waals surface area contributed by atoms with E-state index >= 15 is 0 Å². The molecule has 3 aromatic rings. The molecule has 0 unspecified atom stereocenters. The molecule has 0 aromatic carbocycles. The van der Waals surface area contributed by atoms with Gasteiger partial charge in [0, 0.05) is 30.7 Å². The molecular weight excluding hydrogens is 284 g/mol. The number of aromatic nitrogens is 4. The van der Waals surface area contributed by atoms with Crippen LogP contribution in [0.1, 0.15) is 0 Å². The zero-order chi connectivity index (χ0) is 15.5. The molecule has 3 rings (SSSR count). The number of aliphatic hydroxyl groups excluding tert-OH is 1. The molecule has 22 heavy (non-hydrogen) atoms. The van der Waals surface area contributed by atoms with Gasteiger partial charge in [0.15, 0.2) is 0 Å². The normalized spacial score (nSPS) is 10.8. The number of nitrogens with one attached hydrogen (secondary N) is 2. The van der Waals surface area contributed by atoms with Gasteiger partial charge in [-0.3, -0.25) is 4.79 Å². The molecule has 0 saturated carbocycles. The van der Waals surface area contributed by atoms with Crippen molar-refractivity contribution in [1.82, 2.24) is 19.9 Å². The Hall–Kier alpha value is -3.00. The predicted octanol–water partition coefficient (Wildman–Crippen LogP) is 0.366. The van der Waals surface area contributed by atoms with Crippen molar-refractivity contribution in [2.24, 2.45) is 0 Å². The Morgan fingerprint density at radius 2 is 2.09 bits per heavy atom. The molecule has 0 spiro atoms. The standard InChI is InChI=1S/C14H14N6O2/c15-14-18-6-9(7-19-14)10-5-8-1-2-17-13(22)11(8)12(20-10)16-3-4-21/h1-2,5-7,21H,3-4H2,(H,16,20)(H,17,22)(H2,15,18,19). The number of nitrogens with zero attached hydrogens (tertiary/aromatic N) is 3. The van der Waals surface area contributed by atoms with Crippen LogP contribution in [-0.4, -0.2) is 38.2 Å². The van der Waals surface area contributed by atoms with Crippen LogP contribution in [0.3, 0.4) is 0 Å². The summed E-state index contributed by atoms with van der Waals surface area (Å²) in [6, 6.07) is 3.56. The quantitative estimate of drug-likeness (QED) is 0.547. The third kappa shape index (κ3) is 2.59. The molecule has 8 heteroatoms. The van der Waals surface area contributed by atoms with E-state index < -0.39 is 0 Å². The van der Waals surface area contributed by atoms with Gasteiger partial charge in [0.2, 0.25) is 5.95 Å². The van der Waals surface area contributed by atoms with E-state index in [0.29, 0.717) is 22.5 Å². The number of aliphatic hydroxyl groups is 1. The van der Waals surface area contributed by atoms with Gasteiger partial charge >= 0.3 is 0 Å². The number of hydrogen-bond donors (Lipinski definition) is 4. The number of H-pyrrole nitrogens is 1. The van der Waals surface area contributed by atoms with E-state index in [1.807, 2.05) is 0 Å². The first-order chi connectivity index (χ1) is 10.7. The van der Waals surface area contributed by atoms with Crippen LogP contribution in [0, 0.1) is 0 Å². The van der Waals surface area contributed by atoms with Crippen LogP contribution >= 0.6 is 0 Å². The molecule has 0 aliphatic carbocycles. The first-order valence-electron chi connectivity index (χ1n) is 6.64. The Balaban J connectivity index is 2.20. The van der Waals surface area contributed by atoms with Crippen molar-refractivity contribution in [3.05, 3.63) is 41.1 Å². The molecule has 0 saturated heterocycles. The summed E-state index contributed by atoms with van der Waals surface area (Å²) in [4.78, 5) is 27.0. The molecule has 5 N–H and O–H groups in total. The molecule has 3 heterocycles. The number of anilines is 2. The van der Waals surface area contributed by atoms with Crippen molar-refractivity contribution < 1.29 is 5.11 Å². The summed E-state index contributed by atoms with van der Waals surface area (Å²) in [5.74, 6) is 0.583. The third-order valence-electron chi connectivity index (χ3n) is 3.13. The second kappa shape index (κ2) is 5.78. The zero-order valence-corrected chi connectivity index (χ0v) is 11.6. The number of nitrogens with two attached hydrogens (primary N) is 1. The molecule has 112 valence electrons. The maximum atomic E-state index is 12.0. The van der Waals surface area contributed by atoms with Gasteiger partial charge in [-0.25, -0.2) is 15.0 Å². The van der Waals surface area contributed by atoms with E-state index in [-0.39, 0.29) is 24.7 Å². The van der Waals surface area contributed by atoms with E-state index in [1.165, 1.54) is 0 Å². The van der Waals surface area contributed by atoms with E-state index in [0.717, 1.165) is 5.39 Å². The lowest BCUT2D eigenvalue weighted by atomic mass is 10.1. The highest BCUT2D eigenvalue weighted by molar-refractivity contribution is 5.93. The van der Waals surface area contributed by atoms with Gasteiger partial charge < -0.3 is 21.1 Å². The molecular formula is C14H14N6O2. The van der Waals surface area contributed by atoms with E-state index in [4.69, 9.17) is 10.8 Å². The summed E-state index contributed by atoms with van der Waals surface area (Å²) >= 11 is 0. The minimum atomic E-state index is -0.245. The summed E-state index contributed by atoms with van der Waals surface area (Å²) < 4.78 is 0. The lowest BCUT2D eigenvalue weighted by Crippen LogP contribution is -2.13. The molecule has 0 radical (unpaired) electrons. The molecule has 0 atom stereocenters. The lowest BCUT2D eigenvalue weighted by Gasteiger charge is -2.10. The van der Waals surface area contributed by atoms with Crippen LogP contribution in [0.5, 0.6) is 0 Å². The monoisotopic (exact) mass is 298 g/mol. The molecule has 0 amide bonds. The van der Waals surface area contributed by atoms with Crippen molar-refractivity contribution in [2.45, 2.75) is 0 Å². The Kier molecular flexibility index (Phi) is 3.67. The Bertz CT molecular complexity index is 859. The van der Waals surface area contributed by atoms with E-state index in [2.05, 4.69) is 25.3 Å². The number of rotatable bonds is 4. The Morgan fingerprint density at radius 1 is 1.32 bits per heavy atom. The van der Waals surface area contributed by atoms with Crippen LogP contribution in [0.25, 0.3) is 22.0 Å². The summed E-state index contributed by atoms with van der Waals surface area (Å²) in [6.45, 7) is 0.223. The van der Waals surface area contributed by atoms with Gasteiger partial charge in [-0.1, -0.05) is 0 Å². The van der Waals surface area contributed by atoms with Gasteiger partial charge in [0.05, 0.1) is 17.7 Å². The second-order valence-electron chi connectivity index (χ2n) is 4.61. The maximum absolute atomic E-state index is 12.0. The molecule has 8 nitrogen and oxygen atoms in total. The number of fused-ring (bicyclic) bond motifs is 1. The van der Waals surface area contributed by atoms with Crippen LogP contribution in [0.2, 0.25) is 0 Å². The van der Waals surface area contributed by atoms with Crippen molar-refractivity contribution >= 4 is 22.5 Å². The zero-order valence-electron chi connectivity index (χ0n) is 11.6. The largest absolute Gasteiger partial charge is 0.395 e. The van der Waals surface area contributed by atoms with Gasteiger partial charge in [0.1, 0.15) is 5.82 Å². The molecule has 0 aliphatic heterocycles. The summed E-state index contributed by atoms with van der Waals surface area (Å²) in [5, 5.41) is 13.1. The van der Waals surface area contributed by atoms with E-state index in [9.17, 15) is 4.79 Å². The molecule has 0 bridgehead atoms. The summed E-state index contributed by atoms with van der Waals surface area (Å²) in [6.07, 6.45) is 4.71. The first kappa shape index (κ1) is 14.0. The van der Waals surface area contributed by atoms with Crippen molar-refractivity contribution in [2.75, 3.05) is 24.2 Å². The van der Waals surface area contributed by atoms with Gasteiger partial charge in [-0.15, -0.1) is 0 Å². The van der Waals surface area contributed by atoms with Crippen molar-refractivity contribution in [1.29, 1.82) is 0 Å². The third-order valence-corrected chi connectivity index (χ3v) is 3.13. The topological polar surface area (TPSA) is 130 Å². The fourth-order valence-electron chi connectivity index (χ4n) is 2.13. The van der Waals surface area contributed by atoms with E-state index in [1.54, 1.807) is 30.7 Å². The minimum absolute atomic E-state index is 0.0663. The van der Waals surface area contributed by atoms with Gasteiger partial charge in [-0.2, -0.15) is 0 Å². The number of pyridine rings is 2. The average Bonchev–Trinajstić information content (AvgIpc) is 2.53. The highest BCUT2D eigenvalue weighted by Crippen LogP contribution is 2.24. The average molecular weight is 298 g/mol. The van der Waals surface area contributed by atoms with Crippen LogP contribution in [0.4, 0.5) is 11.8 Å². The van der Waals surface area contributed by atoms with Gasteiger partial charge in [0.25, 0.3) is 5.56 Å². The second-order valence-corrected chi connectivity index (χ2v) is 4.61. The first-order valence-corrected chi connectivity index (χ1v) is 6.64. The Labute approximate surface area is 125 Å². The van der Waals surface area contributed by atoms with Gasteiger partial charge in [-0.05, 0) is 17.5 Å². The number of hydrogen-bond acceptors (Lipinski definition) is 7. The summed E-state index contributed by atoms with van der Waals surface area (Å²) in [7, 11) is 0. The highest BCUT2D eigenvalue weighted by atomic mass is 16.3. The van der Waals surface area contributed by atoms with Crippen LogP contribution < -0.4 is 16.6 Å². The van der Waals surface area contributed by atoms with Crippen LogP contribution in [0.15, 0.2) is 35.5 Å². The lowest BCUT2D eigenvalue weighted by molar-refractivity contribution is 0.311. The minimum Gasteiger partial charge on any atom is -0.395 e. The predicted molar refractivity (Wildman–Crippen MR) is 83.4 cm³/mol. The smallest absolute Gasteiger partial charge is 0.259 e. The maximum Gasteiger partial charge on any atom is 0.259 e. The van der Waals surface area contributed by atoms with Crippen molar-refractivity contribution in [3.63, 3.8) is 0 Å². The number of nitrogen functional groups attached to an aromatic ring is 1. The fraction of sp³-hybridized carbons (Fsp3) is 0.143. The SMILES string of the molecule is Nc1ncc(-c2cc3cc[nH]c(=O)c3c(NCCO)n2)cn1. The fourth-order valence-corrected chi connectivity index (χ4v) is 2.13. The molecule has 3 aromatic heterocycles. The van der Waals surface area contributed by atoms with Crippen molar-refractivity contribution in [3.8, 4) is 11.3 Å². The molecule has 0 fully saturated rings. The number of aromatic amines is 1.